The minimum atomic E-state index is 0.784. The van der Waals surface area contributed by atoms with Crippen LogP contribution in [0.4, 0.5) is 5.69 Å². The average Bonchev–Trinajstić information content (AvgIpc) is 2.30. The van der Waals surface area contributed by atoms with Crippen LogP contribution in [0.15, 0.2) is 46.3 Å². The molecule has 2 rings (SSSR count). The first kappa shape index (κ1) is 11.4. The number of hydrogen-bond acceptors (Lipinski definition) is 4. The number of thioether (sulfide) groups is 1. The molecule has 2 aromatic rings. The lowest BCUT2D eigenvalue weighted by molar-refractivity contribution is 1.05. The molecule has 0 radical (unpaired) electrons. The fourth-order valence-corrected chi connectivity index (χ4v) is 2.83. The van der Waals surface area contributed by atoms with Gasteiger partial charge in [-0.1, -0.05) is 33.8 Å². The Morgan fingerprint density at radius 1 is 1.31 bits per heavy atom. The number of anilines is 1. The van der Waals surface area contributed by atoms with Crippen molar-refractivity contribution in [1.82, 2.24) is 9.97 Å². The Labute approximate surface area is 107 Å². The maximum absolute atomic E-state index is 5.91. The van der Waals surface area contributed by atoms with Gasteiger partial charge in [-0.05, 0) is 17.7 Å². The topological polar surface area (TPSA) is 51.8 Å². The molecule has 0 spiro atoms. The molecule has 82 valence electrons. The Balaban J connectivity index is 2.11. The summed E-state index contributed by atoms with van der Waals surface area (Å²) in [4.78, 5) is 8.21. The number of hydrogen-bond donors (Lipinski definition) is 1. The highest BCUT2D eigenvalue weighted by atomic mass is 79.9. The normalized spacial score (nSPS) is 10.3. The first-order valence-corrected chi connectivity index (χ1v) is 6.47. The Kier molecular flexibility index (Phi) is 3.79. The van der Waals surface area contributed by atoms with E-state index in [4.69, 9.17) is 5.73 Å². The van der Waals surface area contributed by atoms with Crippen molar-refractivity contribution in [3.63, 3.8) is 0 Å². The molecule has 0 fully saturated rings. The van der Waals surface area contributed by atoms with Crippen LogP contribution in [0.1, 0.15) is 5.56 Å². The number of nitrogens with zero attached hydrogens (tertiary/aromatic N) is 2. The lowest BCUT2D eigenvalue weighted by Gasteiger charge is -2.06. The summed E-state index contributed by atoms with van der Waals surface area (Å²) in [7, 11) is 0. The zero-order valence-electron chi connectivity index (χ0n) is 8.43. The van der Waals surface area contributed by atoms with E-state index in [1.54, 1.807) is 30.4 Å². The van der Waals surface area contributed by atoms with Crippen LogP contribution in [0.5, 0.6) is 0 Å². The third-order valence-corrected chi connectivity index (χ3v) is 3.74. The van der Waals surface area contributed by atoms with Crippen molar-refractivity contribution in [3.8, 4) is 0 Å². The molecule has 16 heavy (non-hydrogen) atoms. The Morgan fingerprint density at radius 2 is 2.19 bits per heavy atom. The van der Waals surface area contributed by atoms with Crippen LogP contribution < -0.4 is 5.73 Å². The highest BCUT2D eigenvalue weighted by Crippen LogP contribution is 2.29. The molecular formula is C11H10BrN3S. The van der Waals surface area contributed by atoms with E-state index >= 15 is 0 Å². The van der Waals surface area contributed by atoms with Gasteiger partial charge in [0, 0.05) is 28.3 Å². The summed E-state index contributed by atoms with van der Waals surface area (Å²) in [6.45, 7) is 0. The zero-order valence-corrected chi connectivity index (χ0v) is 10.8. The lowest BCUT2D eigenvalue weighted by Crippen LogP contribution is -1.93. The van der Waals surface area contributed by atoms with Gasteiger partial charge in [-0.3, -0.25) is 4.98 Å². The SMILES string of the molecule is Nc1cccc(Br)c1CSc1cnccn1. The van der Waals surface area contributed by atoms with E-state index in [1.807, 2.05) is 18.2 Å². The third kappa shape index (κ3) is 2.74. The second kappa shape index (κ2) is 5.32. The quantitative estimate of drug-likeness (QED) is 0.698. The van der Waals surface area contributed by atoms with Gasteiger partial charge in [0.15, 0.2) is 0 Å². The summed E-state index contributed by atoms with van der Waals surface area (Å²) in [5, 5.41) is 0.901. The molecule has 5 heteroatoms. The van der Waals surface area contributed by atoms with Gasteiger partial charge in [-0.25, -0.2) is 4.98 Å². The Hall–Kier alpha value is -1.07. The van der Waals surface area contributed by atoms with Crippen molar-refractivity contribution in [2.24, 2.45) is 0 Å². The van der Waals surface area contributed by atoms with Crippen molar-refractivity contribution < 1.29 is 0 Å². The van der Waals surface area contributed by atoms with Crippen LogP contribution in [-0.4, -0.2) is 9.97 Å². The van der Waals surface area contributed by atoms with Crippen LogP contribution in [0.3, 0.4) is 0 Å². The highest BCUT2D eigenvalue weighted by molar-refractivity contribution is 9.10. The van der Waals surface area contributed by atoms with Crippen molar-refractivity contribution in [2.45, 2.75) is 10.8 Å². The molecule has 0 saturated heterocycles. The van der Waals surface area contributed by atoms with Crippen molar-refractivity contribution >= 4 is 33.4 Å². The van der Waals surface area contributed by atoms with Gasteiger partial charge in [0.1, 0.15) is 5.03 Å². The van der Waals surface area contributed by atoms with Crippen LogP contribution in [0.25, 0.3) is 0 Å². The van der Waals surface area contributed by atoms with Crippen LogP contribution in [0.2, 0.25) is 0 Å². The van der Waals surface area contributed by atoms with E-state index in [0.717, 1.165) is 26.5 Å². The average molecular weight is 296 g/mol. The minimum absolute atomic E-state index is 0.784. The van der Waals surface area contributed by atoms with Crippen molar-refractivity contribution in [3.05, 3.63) is 46.8 Å². The predicted molar refractivity (Wildman–Crippen MR) is 70.1 cm³/mol. The second-order valence-electron chi connectivity index (χ2n) is 3.14. The molecule has 0 unspecified atom stereocenters. The first-order valence-electron chi connectivity index (χ1n) is 4.69. The molecule has 0 atom stereocenters. The number of nitrogens with two attached hydrogens (primary N) is 1. The van der Waals surface area contributed by atoms with E-state index in [1.165, 1.54) is 0 Å². The molecule has 0 saturated carbocycles. The molecule has 1 aromatic heterocycles. The van der Waals surface area contributed by atoms with Gasteiger partial charge >= 0.3 is 0 Å². The van der Waals surface area contributed by atoms with E-state index in [2.05, 4.69) is 25.9 Å². The number of benzene rings is 1. The molecule has 3 nitrogen and oxygen atoms in total. The van der Waals surface area contributed by atoms with Crippen LogP contribution in [-0.2, 0) is 5.75 Å². The molecule has 0 aliphatic carbocycles. The summed E-state index contributed by atoms with van der Waals surface area (Å²) >= 11 is 5.11. The molecule has 2 N–H and O–H groups in total. The fraction of sp³-hybridized carbons (Fsp3) is 0.0909. The van der Waals surface area contributed by atoms with Crippen LogP contribution >= 0.6 is 27.7 Å². The highest BCUT2D eigenvalue weighted by Gasteiger charge is 2.05. The standard InChI is InChI=1S/C11H10BrN3S/c12-9-2-1-3-10(13)8(9)7-16-11-6-14-4-5-15-11/h1-6H,7,13H2. The fourth-order valence-electron chi connectivity index (χ4n) is 1.23. The molecule has 0 bridgehead atoms. The van der Waals surface area contributed by atoms with Gasteiger partial charge in [0.25, 0.3) is 0 Å². The van der Waals surface area contributed by atoms with Crippen molar-refractivity contribution in [2.75, 3.05) is 5.73 Å². The predicted octanol–water partition coefficient (Wildman–Crippen LogP) is 3.11. The smallest absolute Gasteiger partial charge is 0.115 e. The maximum atomic E-state index is 5.91. The van der Waals surface area contributed by atoms with E-state index in [9.17, 15) is 0 Å². The minimum Gasteiger partial charge on any atom is -0.398 e. The molecular weight excluding hydrogens is 286 g/mol. The summed E-state index contributed by atoms with van der Waals surface area (Å²) in [5.41, 5.74) is 7.80. The largest absolute Gasteiger partial charge is 0.398 e. The molecule has 1 heterocycles. The van der Waals surface area contributed by atoms with E-state index in [0.29, 0.717) is 0 Å². The number of aromatic nitrogens is 2. The second-order valence-corrected chi connectivity index (χ2v) is 4.99. The number of nitrogen functional groups attached to an aromatic ring is 1. The zero-order chi connectivity index (χ0) is 11.4. The summed E-state index contributed by atoms with van der Waals surface area (Å²) < 4.78 is 1.03. The number of halogens is 1. The van der Waals surface area contributed by atoms with Gasteiger partial charge < -0.3 is 5.73 Å². The maximum Gasteiger partial charge on any atom is 0.115 e. The van der Waals surface area contributed by atoms with E-state index in [-0.39, 0.29) is 0 Å². The van der Waals surface area contributed by atoms with Gasteiger partial charge in [-0.2, -0.15) is 0 Å². The van der Waals surface area contributed by atoms with Crippen molar-refractivity contribution in [1.29, 1.82) is 0 Å². The Bertz CT molecular complexity index is 456. The van der Waals surface area contributed by atoms with Gasteiger partial charge in [-0.15, -0.1) is 0 Å². The number of rotatable bonds is 3. The Morgan fingerprint density at radius 3 is 2.88 bits per heavy atom. The molecule has 0 aliphatic heterocycles. The van der Waals surface area contributed by atoms with Crippen LogP contribution in [0, 0.1) is 0 Å². The first-order chi connectivity index (χ1) is 7.77. The summed E-state index contributed by atoms with van der Waals surface area (Å²) in [5.74, 6) is 0.784. The van der Waals surface area contributed by atoms with E-state index < -0.39 is 0 Å². The molecule has 1 aromatic carbocycles. The third-order valence-electron chi connectivity index (χ3n) is 2.06. The summed E-state index contributed by atoms with van der Waals surface area (Å²) in [6, 6.07) is 5.82. The van der Waals surface area contributed by atoms with Gasteiger partial charge in [0.05, 0.1) is 6.20 Å². The van der Waals surface area contributed by atoms with Gasteiger partial charge in [0.2, 0.25) is 0 Å². The molecule has 0 aliphatic rings. The monoisotopic (exact) mass is 295 g/mol. The summed E-state index contributed by atoms with van der Waals surface area (Å²) in [6.07, 6.45) is 5.10. The molecule has 0 amide bonds. The lowest BCUT2D eigenvalue weighted by atomic mass is 10.2.